The lowest BCUT2D eigenvalue weighted by atomic mass is 10.0. The number of carbonyl (C=O) groups excluding carboxylic acids is 2. The van der Waals surface area contributed by atoms with Crippen LogP contribution in [0, 0.1) is 16.0 Å². The molecule has 0 spiro atoms. The van der Waals surface area contributed by atoms with E-state index in [0.717, 1.165) is 6.92 Å². The van der Waals surface area contributed by atoms with Crippen LogP contribution in [-0.2, 0) is 19.1 Å². The van der Waals surface area contributed by atoms with E-state index >= 15 is 0 Å². The van der Waals surface area contributed by atoms with Crippen molar-refractivity contribution < 1.29 is 24.1 Å². The van der Waals surface area contributed by atoms with Crippen LogP contribution in [0.3, 0.4) is 0 Å². The third-order valence-corrected chi connectivity index (χ3v) is 2.48. The Morgan fingerprint density at radius 2 is 2.22 bits per heavy atom. The Kier molecular flexibility index (Phi) is 3.78. The van der Waals surface area contributed by atoms with Crippen molar-refractivity contribution in [2.75, 3.05) is 0 Å². The van der Waals surface area contributed by atoms with Crippen LogP contribution in [0.25, 0.3) is 0 Å². The van der Waals surface area contributed by atoms with Crippen LogP contribution in [0.1, 0.15) is 34.1 Å². The van der Waals surface area contributed by atoms with Crippen molar-refractivity contribution in [1.82, 2.24) is 5.01 Å². The molecule has 0 aliphatic carbocycles. The van der Waals surface area contributed by atoms with Crippen LogP contribution in [-0.4, -0.2) is 33.9 Å². The molecule has 1 saturated heterocycles. The summed E-state index contributed by atoms with van der Waals surface area (Å²) in [4.78, 5) is 33.7. The number of nitrogens with zero attached hydrogens (tertiary/aromatic N) is 2. The Balaban J connectivity index is 3.04. The molecule has 102 valence electrons. The molecule has 0 aromatic rings. The zero-order valence-electron chi connectivity index (χ0n) is 10.7. The number of ether oxygens (including phenoxy) is 2. The number of cyclic esters (lactones) is 1. The Labute approximate surface area is 104 Å². The SMILES string of the molecule is CC(=O)O[C@]1(C)OC(=O)[C@H](CC(C)C)N1[N+](=O)[O-]. The summed E-state index contributed by atoms with van der Waals surface area (Å²) in [6.45, 7) is 5.92. The summed E-state index contributed by atoms with van der Waals surface area (Å²) in [5.41, 5.74) is 0. The van der Waals surface area contributed by atoms with Gasteiger partial charge in [-0.05, 0) is 17.3 Å². The highest BCUT2D eigenvalue weighted by Gasteiger charge is 2.60. The Morgan fingerprint density at radius 1 is 1.67 bits per heavy atom. The standard InChI is InChI=1S/C10H16N2O6/c1-6(2)5-8-9(14)18-10(4,17-7(3)13)11(8)12(15)16/h6,8H,5H2,1-4H3/t8-,10+/m0/s1. The van der Waals surface area contributed by atoms with E-state index in [1.54, 1.807) is 0 Å². The molecule has 0 N–H and O–H groups in total. The Bertz CT molecular complexity index is 383. The molecule has 2 atom stereocenters. The third-order valence-electron chi connectivity index (χ3n) is 2.48. The first kappa shape index (κ1) is 14.2. The fourth-order valence-corrected chi connectivity index (χ4v) is 1.92. The number of carbonyl (C=O) groups is 2. The quantitative estimate of drug-likeness (QED) is 0.416. The molecule has 0 aromatic carbocycles. The van der Waals surface area contributed by atoms with Gasteiger partial charge in [-0.25, -0.2) is 14.9 Å². The fourth-order valence-electron chi connectivity index (χ4n) is 1.92. The second-order valence-electron chi connectivity index (χ2n) is 4.64. The van der Waals surface area contributed by atoms with E-state index in [4.69, 9.17) is 9.47 Å². The summed E-state index contributed by atoms with van der Waals surface area (Å²) < 4.78 is 9.61. The molecule has 0 radical (unpaired) electrons. The van der Waals surface area contributed by atoms with Crippen LogP contribution in [0.5, 0.6) is 0 Å². The van der Waals surface area contributed by atoms with Gasteiger partial charge in [-0.2, -0.15) is 0 Å². The van der Waals surface area contributed by atoms with E-state index in [2.05, 4.69) is 0 Å². The number of hydrogen-bond acceptors (Lipinski definition) is 6. The van der Waals surface area contributed by atoms with Crippen molar-refractivity contribution >= 4 is 11.9 Å². The molecule has 1 aliphatic heterocycles. The van der Waals surface area contributed by atoms with Crippen LogP contribution in [0.15, 0.2) is 0 Å². The first-order valence-electron chi connectivity index (χ1n) is 5.53. The van der Waals surface area contributed by atoms with E-state index in [0.29, 0.717) is 5.01 Å². The first-order chi connectivity index (χ1) is 8.17. The predicted octanol–water partition coefficient (Wildman–Crippen LogP) is 0.688. The van der Waals surface area contributed by atoms with Crippen LogP contribution < -0.4 is 0 Å². The summed E-state index contributed by atoms with van der Waals surface area (Å²) in [6.07, 6.45) is 0.247. The summed E-state index contributed by atoms with van der Waals surface area (Å²) in [5, 5.41) is 10.8. The Morgan fingerprint density at radius 3 is 2.61 bits per heavy atom. The zero-order chi connectivity index (χ0) is 14.1. The number of hydrazine groups is 1. The first-order valence-corrected chi connectivity index (χ1v) is 5.53. The zero-order valence-corrected chi connectivity index (χ0v) is 10.7. The minimum atomic E-state index is -1.98. The van der Waals surface area contributed by atoms with E-state index in [1.807, 2.05) is 13.8 Å². The molecule has 1 fully saturated rings. The van der Waals surface area contributed by atoms with Gasteiger partial charge in [0.25, 0.3) is 0 Å². The average molecular weight is 260 g/mol. The minimum Gasteiger partial charge on any atom is -0.400 e. The summed E-state index contributed by atoms with van der Waals surface area (Å²) in [6, 6.07) is -1.05. The van der Waals surface area contributed by atoms with Gasteiger partial charge < -0.3 is 9.47 Å². The van der Waals surface area contributed by atoms with Crippen LogP contribution in [0.4, 0.5) is 0 Å². The molecule has 8 nitrogen and oxygen atoms in total. The van der Waals surface area contributed by atoms with Crippen LogP contribution in [0.2, 0.25) is 0 Å². The van der Waals surface area contributed by atoms with Gasteiger partial charge in [0.05, 0.1) is 0 Å². The van der Waals surface area contributed by atoms with Crippen molar-refractivity contribution in [3.05, 3.63) is 10.1 Å². The van der Waals surface area contributed by atoms with Gasteiger partial charge in [-0.3, -0.25) is 4.79 Å². The van der Waals surface area contributed by atoms with Crippen LogP contribution >= 0.6 is 0 Å². The van der Waals surface area contributed by atoms with Crippen molar-refractivity contribution in [1.29, 1.82) is 0 Å². The van der Waals surface area contributed by atoms with Crippen molar-refractivity contribution in [2.45, 2.75) is 46.1 Å². The smallest absolute Gasteiger partial charge is 0.391 e. The number of nitro groups is 1. The summed E-state index contributed by atoms with van der Waals surface area (Å²) in [5.74, 6) is -3.44. The molecule has 0 aromatic heterocycles. The number of esters is 2. The van der Waals surface area contributed by atoms with Gasteiger partial charge >= 0.3 is 17.8 Å². The average Bonchev–Trinajstić information content (AvgIpc) is 2.34. The summed E-state index contributed by atoms with van der Waals surface area (Å²) >= 11 is 0. The molecule has 18 heavy (non-hydrogen) atoms. The maximum atomic E-state index is 11.7. The van der Waals surface area contributed by atoms with Gasteiger partial charge in [-0.1, -0.05) is 13.8 Å². The molecule has 1 rings (SSSR count). The third kappa shape index (κ3) is 2.69. The minimum absolute atomic E-state index is 0.0599. The molecule has 8 heteroatoms. The lowest BCUT2D eigenvalue weighted by Crippen LogP contribution is -2.52. The monoisotopic (exact) mass is 260 g/mol. The molecular formula is C10H16N2O6. The highest BCUT2D eigenvalue weighted by Crippen LogP contribution is 2.32. The maximum Gasteiger partial charge on any atom is 0.391 e. The second kappa shape index (κ2) is 4.79. The fraction of sp³-hybridized carbons (Fsp3) is 0.800. The predicted molar refractivity (Wildman–Crippen MR) is 58.3 cm³/mol. The normalized spacial score (nSPS) is 27.3. The molecular weight excluding hydrogens is 244 g/mol. The number of hydrogen-bond donors (Lipinski definition) is 0. The van der Waals surface area contributed by atoms with E-state index in [-0.39, 0.29) is 12.3 Å². The van der Waals surface area contributed by atoms with Crippen molar-refractivity contribution in [3.8, 4) is 0 Å². The van der Waals surface area contributed by atoms with E-state index < -0.39 is 28.9 Å². The topological polar surface area (TPSA) is 99.0 Å². The van der Waals surface area contributed by atoms with Crippen molar-refractivity contribution in [3.63, 3.8) is 0 Å². The lowest BCUT2D eigenvalue weighted by molar-refractivity contribution is -0.699. The maximum absolute atomic E-state index is 11.7. The second-order valence-corrected chi connectivity index (χ2v) is 4.64. The van der Waals surface area contributed by atoms with Crippen molar-refractivity contribution in [2.24, 2.45) is 5.92 Å². The van der Waals surface area contributed by atoms with Gasteiger partial charge in [0.2, 0.25) is 0 Å². The van der Waals surface area contributed by atoms with Gasteiger partial charge in [-0.15, -0.1) is 0 Å². The summed E-state index contributed by atoms with van der Waals surface area (Å²) in [7, 11) is 0. The molecule has 1 aliphatic rings. The largest absolute Gasteiger partial charge is 0.400 e. The molecule has 0 amide bonds. The number of rotatable bonds is 4. The van der Waals surface area contributed by atoms with Gasteiger partial charge in [0.1, 0.15) is 0 Å². The highest BCUT2D eigenvalue weighted by molar-refractivity contribution is 5.78. The Hall–Kier alpha value is -1.86. The van der Waals surface area contributed by atoms with E-state index in [9.17, 15) is 19.7 Å². The molecule has 0 unspecified atom stereocenters. The van der Waals surface area contributed by atoms with Gasteiger partial charge in [0, 0.05) is 13.8 Å². The van der Waals surface area contributed by atoms with Gasteiger partial charge in [0.15, 0.2) is 11.1 Å². The highest BCUT2D eigenvalue weighted by atomic mass is 16.8. The molecule has 0 bridgehead atoms. The van der Waals surface area contributed by atoms with E-state index in [1.165, 1.54) is 6.92 Å². The lowest BCUT2D eigenvalue weighted by Gasteiger charge is -2.26. The molecule has 0 saturated carbocycles. The molecule has 1 heterocycles.